The molecule has 0 saturated heterocycles. The second kappa shape index (κ2) is 6.56. The fourth-order valence-corrected chi connectivity index (χ4v) is 5.50. The minimum Gasteiger partial charge on any atom is -0.295 e. The average Bonchev–Trinajstić information content (AvgIpc) is 2.54. The highest BCUT2D eigenvalue weighted by molar-refractivity contribution is 5.94. The number of hydrogen-bond donors (Lipinski definition) is 0. The number of carbonyl (C=O) groups excluding carboxylic acids is 1. The van der Waals surface area contributed by atoms with E-state index < -0.39 is 0 Å². The van der Waals surface area contributed by atoms with Gasteiger partial charge in [0, 0.05) is 5.56 Å². The van der Waals surface area contributed by atoms with Crippen LogP contribution in [0.4, 0.5) is 0 Å². The van der Waals surface area contributed by atoms with E-state index in [0.29, 0.717) is 11.3 Å². The zero-order chi connectivity index (χ0) is 15.6. The minimum absolute atomic E-state index is 0.175. The van der Waals surface area contributed by atoms with E-state index in [1.165, 1.54) is 63.4 Å². The molecule has 0 spiro atoms. The van der Waals surface area contributed by atoms with Crippen molar-refractivity contribution in [1.82, 2.24) is 0 Å². The zero-order valence-corrected chi connectivity index (χ0v) is 14.2. The molecule has 120 valence electrons. The molecule has 0 amide bonds. The van der Waals surface area contributed by atoms with Crippen LogP contribution in [-0.4, -0.2) is 5.78 Å². The monoisotopic (exact) mass is 298 g/mol. The molecule has 0 bridgehead atoms. The molecule has 0 aromatic heterocycles. The molecule has 1 unspecified atom stereocenters. The smallest absolute Gasteiger partial charge is 0.159 e. The summed E-state index contributed by atoms with van der Waals surface area (Å²) in [7, 11) is 0. The molecule has 22 heavy (non-hydrogen) atoms. The van der Waals surface area contributed by atoms with Gasteiger partial charge in [0.2, 0.25) is 0 Å². The fraction of sp³-hybridized carbons (Fsp3) is 0.667. The summed E-state index contributed by atoms with van der Waals surface area (Å²) >= 11 is 0. The third kappa shape index (κ3) is 2.75. The van der Waals surface area contributed by atoms with Crippen molar-refractivity contribution < 1.29 is 4.79 Å². The second-order valence-corrected chi connectivity index (χ2v) is 7.59. The third-order valence-corrected chi connectivity index (χ3v) is 6.43. The van der Waals surface area contributed by atoms with Gasteiger partial charge in [-0.2, -0.15) is 0 Å². The van der Waals surface area contributed by atoms with Gasteiger partial charge in [-0.05, 0) is 61.8 Å². The maximum atomic E-state index is 11.5. The summed E-state index contributed by atoms with van der Waals surface area (Å²) in [5, 5.41) is 0. The predicted octanol–water partition coefficient (Wildman–Crippen LogP) is 6.13. The molecule has 1 heteroatoms. The summed E-state index contributed by atoms with van der Waals surface area (Å²) < 4.78 is 0. The van der Waals surface area contributed by atoms with Crippen molar-refractivity contribution in [1.29, 1.82) is 0 Å². The van der Waals surface area contributed by atoms with Crippen molar-refractivity contribution in [2.75, 3.05) is 0 Å². The Labute approximate surface area is 135 Å². The van der Waals surface area contributed by atoms with Gasteiger partial charge in [-0.3, -0.25) is 4.79 Å². The number of Topliss-reactive ketones (excluding diaryl/α,β-unsaturated/α-hetero) is 1. The Morgan fingerprint density at radius 3 is 2.50 bits per heavy atom. The van der Waals surface area contributed by atoms with Crippen LogP contribution in [0.2, 0.25) is 0 Å². The van der Waals surface area contributed by atoms with Gasteiger partial charge < -0.3 is 0 Å². The zero-order valence-electron chi connectivity index (χ0n) is 14.2. The summed E-state index contributed by atoms with van der Waals surface area (Å²) in [4.78, 5) is 11.5. The average molecular weight is 298 g/mol. The highest BCUT2D eigenvalue weighted by Crippen LogP contribution is 2.59. The van der Waals surface area contributed by atoms with Crippen molar-refractivity contribution in [3.63, 3.8) is 0 Å². The quantitative estimate of drug-likeness (QED) is 0.611. The largest absolute Gasteiger partial charge is 0.295 e. The molecule has 1 aromatic rings. The highest BCUT2D eigenvalue weighted by atomic mass is 16.1. The van der Waals surface area contributed by atoms with Crippen LogP contribution in [0.3, 0.4) is 0 Å². The molecule has 3 atom stereocenters. The minimum atomic E-state index is 0.175. The van der Waals surface area contributed by atoms with E-state index in [4.69, 9.17) is 0 Å². The normalized spacial score (nSPS) is 31.5. The Hall–Kier alpha value is -1.11. The molecule has 0 heterocycles. The van der Waals surface area contributed by atoms with Crippen LogP contribution in [0.1, 0.15) is 93.5 Å². The lowest BCUT2D eigenvalue weighted by atomic mass is 9.51. The lowest BCUT2D eigenvalue weighted by Crippen LogP contribution is -2.42. The summed E-state index contributed by atoms with van der Waals surface area (Å²) in [6.07, 6.45) is 12.6. The first-order valence-corrected chi connectivity index (χ1v) is 9.28. The predicted molar refractivity (Wildman–Crippen MR) is 92.3 cm³/mol. The van der Waals surface area contributed by atoms with Gasteiger partial charge >= 0.3 is 0 Å². The van der Waals surface area contributed by atoms with Crippen LogP contribution in [-0.2, 0) is 0 Å². The van der Waals surface area contributed by atoms with Crippen molar-refractivity contribution in [2.45, 2.75) is 77.6 Å². The van der Waals surface area contributed by atoms with E-state index in [1.807, 2.05) is 12.1 Å². The standard InChI is InChI=1S/C21H30O/c1-3-14-21-15-5-4-7-19(21)8-6-9-20(21)18-12-10-17(11-13-18)16(2)22/h10-13,19-20H,3-9,14-15H2,1-2H3/t19-,20?,21+/m1/s1. The summed E-state index contributed by atoms with van der Waals surface area (Å²) in [6, 6.07) is 8.58. The van der Waals surface area contributed by atoms with Crippen LogP contribution in [0.25, 0.3) is 0 Å². The van der Waals surface area contributed by atoms with E-state index in [1.54, 1.807) is 6.92 Å². The Morgan fingerprint density at radius 2 is 1.82 bits per heavy atom. The van der Waals surface area contributed by atoms with Crippen molar-refractivity contribution in [3.05, 3.63) is 35.4 Å². The van der Waals surface area contributed by atoms with E-state index in [2.05, 4.69) is 19.1 Å². The Balaban J connectivity index is 1.93. The van der Waals surface area contributed by atoms with E-state index in [0.717, 1.165) is 11.5 Å². The molecule has 2 fully saturated rings. The molecule has 1 aromatic carbocycles. The molecule has 3 rings (SSSR count). The fourth-order valence-electron chi connectivity index (χ4n) is 5.50. The van der Waals surface area contributed by atoms with Gasteiger partial charge in [0.25, 0.3) is 0 Å². The molecule has 1 nitrogen and oxygen atoms in total. The number of carbonyl (C=O) groups is 1. The molecule has 0 aliphatic heterocycles. The van der Waals surface area contributed by atoms with Gasteiger partial charge in [0.15, 0.2) is 5.78 Å². The first kappa shape index (κ1) is 15.8. The summed E-state index contributed by atoms with van der Waals surface area (Å²) in [5.41, 5.74) is 2.89. The van der Waals surface area contributed by atoms with Gasteiger partial charge in [-0.1, -0.05) is 56.9 Å². The number of fused-ring (bicyclic) bond motifs is 1. The van der Waals surface area contributed by atoms with Crippen LogP contribution < -0.4 is 0 Å². The Bertz CT molecular complexity index is 509. The number of ketones is 1. The maximum Gasteiger partial charge on any atom is 0.159 e. The molecule has 2 saturated carbocycles. The van der Waals surface area contributed by atoms with E-state index >= 15 is 0 Å². The molecular formula is C21H30O. The Kier molecular flexibility index (Phi) is 4.70. The van der Waals surface area contributed by atoms with Crippen LogP contribution in [0.15, 0.2) is 24.3 Å². The lowest BCUT2D eigenvalue weighted by molar-refractivity contribution is 0.0114. The maximum absolute atomic E-state index is 11.5. The van der Waals surface area contributed by atoms with Crippen molar-refractivity contribution >= 4 is 5.78 Å². The van der Waals surface area contributed by atoms with Crippen LogP contribution in [0, 0.1) is 11.3 Å². The molecular weight excluding hydrogens is 268 g/mol. The molecule has 2 aliphatic carbocycles. The second-order valence-electron chi connectivity index (χ2n) is 7.59. The van der Waals surface area contributed by atoms with Crippen molar-refractivity contribution in [3.8, 4) is 0 Å². The highest BCUT2D eigenvalue weighted by Gasteiger charge is 2.47. The lowest BCUT2D eigenvalue weighted by Gasteiger charge is -2.53. The van der Waals surface area contributed by atoms with Gasteiger partial charge in [-0.15, -0.1) is 0 Å². The topological polar surface area (TPSA) is 17.1 Å². The first-order chi connectivity index (χ1) is 10.7. The molecule has 0 radical (unpaired) electrons. The number of rotatable bonds is 4. The van der Waals surface area contributed by atoms with E-state index in [-0.39, 0.29) is 5.78 Å². The summed E-state index contributed by atoms with van der Waals surface area (Å²) in [5.74, 6) is 1.83. The SMILES string of the molecule is CCC[C@]12CCCC[C@@H]1CCCC2c1ccc(C(C)=O)cc1. The summed E-state index contributed by atoms with van der Waals surface area (Å²) in [6.45, 7) is 4.01. The van der Waals surface area contributed by atoms with E-state index in [9.17, 15) is 4.79 Å². The van der Waals surface area contributed by atoms with Gasteiger partial charge in [0.1, 0.15) is 0 Å². The molecule has 0 N–H and O–H groups in total. The van der Waals surface area contributed by atoms with Crippen LogP contribution >= 0.6 is 0 Å². The number of benzene rings is 1. The third-order valence-electron chi connectivity index (χ3n) is 6.43. The van der Waals surface area contributed by atoms with Gasteiger partial charge in [0.05, 0.1) is 0 Å². The van der Waals surface area contributed by atoms with Crippen molar-refractivity contribution in [2.24, 2.45) is 11.3 Å². The number of hydrogen-bond acceptors (Lipinski definition) is 1. The first-order valence-electron chi connectivity index (χ1n) is 9.28. The van der Waals surface area contributed by atoms with Gasteiger partial charge in [-0.25, -0.2) is 0 Å². The Morgan fingerprint density at radius 1 is 1.09 bits per heavy atom. The van der Waals surface area contributed by atoms with Crippen LogP contribution in [0.5, 0.6) is 0 Å². The molecule has 2 aliphatic rings.